The van der Waals surface area contributed by atoms with Crippen LogP contribution in [-0.2, 0) is 6.42 Å². The molecule has 88 valence electrons. The van der Waals surface area contributed by atoms with Crippen LogP contribution < -0.4 is 10.1 Å². The summed E-state index contributed by atoms with van der Waals surface area (Å²) in [7, 11) is 1.68. The molecule has 1 aromatic carbocycles. The van der Waals surface area contributed by atoms with E-state index in [9.17, 15) is 0 Å². The van der Waals surface area contributed by atoms with Gasteiger partial charge in [-0.05, 0) is 31.0 Å². The van der Waals surface area contributed by atoms with Crippen LogP contribution in [0.5, 0.6) is 5.75 Å². The molecule has 16 heavy (non-hydrogen) atoms. The second-order valence-electron chi connectivity index (χ2n) is 3.85. The molecule has 1 N–H and O–H groups in total. The number of methoxy groups -OCH3 is 1. The maximum atomic E-state index is 5.12. The van der Waals surface area contributed by atoms with Crippen molar-refractivity contribution in [1.82, 2.24) is 5.32 Å². The molecule has 0 fully saturated rings. The van der Waals surface area contributed by atoms with Gasteiger partial charge in [-0.25, -0.2) is 0 Å². The largest absolute Gasteiger partial charge is 0.497 e. The molecule has 0 radical (unpaired) electrons. The Bertz CT molecular complexity index is 334. The van der Waals surface area contributed by atoms with Crippen molar-refractivity contribution in [2.24, 2.45) is 0 Å². The molecule has 0 saturated carbocycles. The van der Waals surface area contributed by atoms with Gasteiger partial charge in [0.05, 0.1) is 7.11 Å². The van der Waals surface area contributed by atoms with Gasteiger partial charge in [-0.15, -0.1) is 0 Å². The molecule has 0 amide bonds. The number of hydrogen-bond acceptors (Lipinski definition) is 2. The smallest absolute Gasteiger partial charge is 0.118 e. The number of ether oxygens (including phenoxy) is 1. The maximum absolute atomic E-state index is 5.12. The zero-order chi connectivity index (χ0) is 12.0. The highest BCUT2D eigenvalue weighted by Crippen LogP contribution is 2.12. The molecule has 0 saturated heterocycles. The van der Waals surface area contributed by atoms with Crippen LogP contribution in [0.1, 0.15) is 12.5 Å². The average molecular weight is 284 g/mol. The number of halogens is 1. The topological polar surface area (TPSA) is 21.3 Å². The Kier molecular flexibility index (Phi) is 5.56. The van der Waals surface area contributed by atoms with E-state index in [1.54, 1.807) is 7.11 Å². The van der Waals surface area contributed by atoms with Gasteiger partial charge < -0.3 is 10.1 Å². The van der Waals surface area contributed by atoms with Gasteiger partial charge in [0, 0.05) is 17.1 Å². The van der Waals surface area contributed by atoms with Crippen LogP contribution in [0, 0.1) is 0 Å². The third kappa shape index (κ3) is 4.81. The van der Waals surface area contributed by atoms with Gasteiger partial charge in [-0.3, -0.25) is 0 Å². The first-order chi connectivity index (χ1) is 7.61. The van der Waals surface area contributed by atoms with Crippen molar-refractivity contribution >= 4 is 15.9 Å². The Morgan fingerprint density at radius 3 is 2.56 bits per heavy atom. The van der Waals surface area contributed by atoms with Crippen LogP contribution in [0.2, 0.25) is 0 Å². The predicted molar refractivity (Wildman–Crippen MR) is 72.2 cm³/mol. The molecule has 2 nitrogen and oxygen atoms in total. The van der Waals surface area contributed by atoms with E-state index in [0.717, 1.165) is 23.2 Å². The standard InChI is InChI=1S/C13H18BrNO/c1-10(14)9-15-11(2)8-12-4-6-13(16-3)7-5-12/h4-7,11,15H,1,8-9H2,2-3H3. The lowest BCUT2D eigenvalue weighted by atomic mass is 10.1. The maximum Gasteiger partial charge on any atom is 0.118 e. The third-order valence-electron chi connectivity index (χ3n) is 2.34. The van der Waals surface area contributed by atoms with Crippen LogP contribution in [0.3, 0.4) is 0 Å². The third-order valence-corrected chi connectivity index (χ3v) is 2.62. The molecule has 0 aliphatic rings. The Morgan fingerprint density at radius 1 is 1.44 bits per heavy atom. The molecule has 0 aromatic heterocycles. The van der Waals surface area contributed by atoms with Crippen molar-refractivity contribution < 1.29 is 4.74 Å². The average Bonchev–Trinajstić information content (AvgIpc) is 2.27. The van der Waals surface area contributed by atoms with Gasteiger partial charge in [-0.2, -0.15) is 0 Å². The fourth-order valence-electron chi connectivity index (χ4n) is 1.47. The van der Waals surface area contributed by atoms with E-state index in [4.69, 9.17) is 4.74 Å². The molecule has 3 heteroatoms. The number of benzene rings is 1. The first-order valence-corrected chi connectivity index (χ1v) is 6.10. The van der Waals surface area contributed by atoms with Gasteiger partial charge >= 0.3 is 0 Å². The van der Waals surface area contributed by atoms with Crippen molar-refractivity contribution in [3.63, 3.8) is 0 Å². The quantitative estimate of drug-likeness (QED) is 0.866. The van der Waals surface area contributed by atoms with Crippen molar-refractivity contribution in [2.75, 3.05) is 13.7 Å². The highest BCUT2D eigenvalue weighted by atomic mass is 79.9. The van der Waals surface area contributed by atoms with Crippen molar-refractivity contribution in [3.05, 3.63) is 40.9 Å². The van der Waals surface area contributed by atoms with Gasteiger partial charge in [0.1, 0.15) is 5.75 Å². The zero-order valence-corrected chi connectivity index (χ0v) is 11.4. The van der Waals surface area contributed by atoms with Gasteiger partial charge in [0.15, 0.2) is 0 Å². The van der Waals surface area contributed by atoms with Crippen molar-refractivity contribution in [1.29, 1.82) is 0 Å². The second kappa shape index (κ2) is 6.71. The van der Waals surface area contributed by atoms with Crippen molar-refractivity contribution in [3.8, 4) is 5.75 Å². The summed E-state index contributed by atoms with van der Waals surface area (Å²) in [6.45, 7) is 6.76. The highest BCUT2D eigenvalue weighted by Gasteiger charge is 2.03. The summed E-state index contributed by atoms with van der Waals surface area (Å²) >= 11 is 3.33. The minimum Gasteiger partial charge on any atom is -0.497 e. The first kappa shape index (κ1) is 13.3. The molecule has 1 unspecified atom stereocenters. The van der Waals surface area contributed by atoms with E-state index >= 15 is 0 Å². The van der Waals surface area contributed by atoms with Crippen LogP contribution in [0.15, 0.2) is 35.3 Å². The summed E-state index contributed by atoms with van der Waals surface area (Å²) in [6.07, 6.45) is 1.00. The lowest BCUT2D eigenvalue weighted by Gasteiger charge is -2.13. The zero-order valence-electron chi connectivity index (χ0n) is 9.79. The summed E-state index contributed by atoms with van der Waals surface area (Å²) in [4.78, 5) is 0. The Balaban J connectivity index is 2.43. The Hall–Kier alpha value is -0.800. The van der Waals surface area contributed by atoms with E-state index in [-0.39, 0.29) is 0 Å². The summed E-state index contributed by atoms with van der Waals surface area (Å²) in [5, 5.41) is 3.38. The fraction of sp³-hybridized carbons (Fsp3) is 0.385. The number of nitrogens with one attached hydrogen (secondary N) is 1. The van der Waals surface area contributed by atoms with E-state index < -0.39 is 0 Å². The number of hydrogen-bond donors (Lipinski definition) is 1. The summed E-state index contributed by atoms with van der Waals surface area (Å²) < 4.78 is 6.10. The van der Waals surface area contributed by atoms with Gasteiger partial charge in [-0.1, -0.05) is 34.6 Å². The summed E-state index contributed by atoms with van der Waals surface area (Å²) in [5.74, 6) is 0.901. The van der Waals surface area contributed by atoms with Crippen LogP contribution >= 0.6 is 15.9 Å². The normalized spacial score (nSPS) is 12.2. The SMILES string of the molecule is C=C(Br)CNC(C)Cc1ccc(OC)cc1. The fourth-order valence-corrected chi connectivity index (χ4v) is 1.63. The lowest BCUT2D eigenvalue weighted by molar-refractivity contribution is 0.414. The molecular formula is C13H18BrNO. The molecule has 0 heterocycles. The van der Waals surface area contributed by atoms with E-state index in [1.807, 2.05) is 12.1 Å². The van der Waals surface area contributed by atoms with Crippen molar-refractivity contribution in [2.45, 2.75) is 19.4 Å². The van der Waals surface area contributed by atoms with Crippen LogP contribution in [0.4, 0.5) is 0 Å². The minimum atomic E-state index is 0.433. The van der Waals surface area contributed by atoms with E-state index in [0.29, 0.717) is 6.04 Å². The first-order valence-electron chi connectivity index (χ1n) is 5.31. The monoisotopic (exact) mass is 283 g/mol. The van der Waals surface area contributed by atoms with Gasteiger partial charge in [0.25, 0.3) is 0 Å². The minimum absolute atomic E-state index is 0.433. The van der Waals surface area contributed by atoms with Crippen LogP contribution in [0.25, 0.3) is 0 Å². The molecule has 0 aliphatic carbocycles. The Morgan fingerprint density at radius 2 is 2.06 bits per heavy atom. The molecule has 1 atom stereocenters. The van der Waals surface area contributed by atoms with E-state index in [2.05, 4.69) is 46.9 Å². The predicted octanol–water partition coefficient (Wildman–Crippen LogP) is 3.12. The molecule has 0 aliphatic heterocycles. The molecule has 1 aromatic rings. The molecule has 0 spiro atoms. The van der Waals surface area contributed by atoms with Crippen LogP contribution in [-0.4, -0.2) is 19.7 Å². The summed E-state index contributed by atoms with van der Waals surface area (Å²) in [6, 6.07) is 8.61. The second-order valence-corrected chi connectivity index (χ2v) is 4.97. The highest BCUT2D eigenvalue weighted by molar-refractivity contribution is 9.11. The molecule has 1 rings (SSSR count). The molecule has 0 bridgehead atoms. The van der Waals surface area contributed by atoms with E-state index in [1.165, 1.54) is 5.56 Å². The lowest BCUT2D eigenvalue weighted by Crippen LogP contribution is -2.28. The summed E-state index contributed by atoms with van der Waals surface area (Å²) in [5.41, 5.74) is 1.31. The number of rotatable bonds is 6. The molecular weight excluding hydrogens is 266 g/mol. The van der Waals surface area contributed by atoms with Gasteiger partial charge in [0.2, 0.25) is 0 Å². The Labute approximate surface area is 106 Å².